The molecule has 2 rings (SSSR count). The molecule has 3 heteroatoms. The highest BCUT2D eigenvalue weighted by Crippen LogP contribution is 2.15. The molecule has 0 atom stereocenters. The molecule has 0 saturated carbocycles. The van der Waals surface area contributed by atoms with Crippen molar-refractivity contribution in [2.75, 3.05) is 13.6 Å². The van der Waals surface area contributed by atoms with E-state index in [4.69, 9.17) is 17.3 Å². The average molecular weight is 289 g/mol. The molecule has 0 heterocycles. The maximum absolute atomic E-state index is 6.02. The summed E-state index contributed by atoms with van der Waals surface area (Å²) in [5.74, 6) is 0. The van der Waals surface area contributed by atoms with Gasteiger partial charge in [0.1, 0.15) is 0 Å². The summed E-state index contributed by atoms with van der Waals surface area (Å²) in [6.45, 7) is 2.50. The second-order valence-corrected chi connectivity index (χ2v) is 5.55. The number of rotatable bonds is 6. The van der Waals surface area contributed by atoms with Crippen molar-refractivity contribution in [3.8, 4) is 0 Å². The van der Waals surface area contributed by atoms with Gasteiger partial charge in [0.25, 0.3) is 0 Å². The maximum Gasteiger partial charge on any atom is 0.0409 e. The van der Waals surface area contributed by atoms with Crippen molar-refractivity contribution in [1.82, 2.24) is 4.90 Å². The lowest BCUT2D eigenvalue weighted by atomic mass is 10.0. The van der Waals surface area contributed by atoms with Gasteiger partial charge >= 0.3 is 0 Å². The highest BCUT2D eigenvalue weighted by molar-refractivity contribution is 6.30. The van der Waals surface area contributed by atoms with Crippen LogP contribution in [0, 0.1) is 0 Å². The third-order valence-corrected chi connectivity index (χ3v) is 3.55. The van der Waals surface area contributed by atoms with Gasteiger partial charge < -0.3 is 5.73 Å². The van der Waals surface area contributed by atoms with Crippen LogP contribution in [0.4, 0.5) is 0 Å². The van der Waals surface area contributed by atoms with E-state index in [1.165, 1.54) is 16.7 Å². The summed E-state index contributed by atoms with van der Waals surface area (Å²) in [4.78, 5) is 2.29. The molecule has 0 radical (unpaired) electrons. The summed E-state index contributed by atoms with van der Waals surface area (Å²) in [5.41, 5.74) is 9.60. The standard InChI is InChI=1S/C17H21ClN2/c1-20(12-14-5-4-8-17(18)11-14)13-16-7-3-2-6-15(16)9-10-19/h2-8,11H,9-10,12-13,19H2,1H3. The SMILES string of the molecule is CN(Cc1cccc(Cl)c1)Cc1ccccc1CCN. The van der Waals surface area contributed by atoms with E-state index in [-0.39, 0.29) is 0 Å². The van der Waals surface area contributed by atoms with Crippen molar-refractivity contribution in [1.29, 1.82) is 0 Å². The first-order valence-electron chi connectivity index (χ1n) is 6.89. The van der Waals surface area contributed by atoms with Gasteiger partial charge in [-0.25, -0.2) is 0 Å². The molecule has 0 spiro atoms. The second-order valence-electron chi connectivity index (χ2n) is 5.11. The van der Waals surface area contributed by atoms with Crippen molar-refractivity contribution >= 4 is 11.6 Å². The molecule has 0 unspecified atom stereocenters. The predicted molar refractivity (Wildman–Crippen MR) is 85.8 cm³/mol. The number of benzene rings is 2. The van der Waals surface area contributed by atoms with Crippen molar-refractivity contribution in [2.24, 2.45) is 5.73 Å². The number of hydrogen-bond donors (Lipinski definition) is 1. The van der Waals surface area contributed by atoms with Crippen LogP contribution < -0.4 is 5.73 Å². The van der Waals surface area contributed by atoms with Crippen LogP contribution in [0.5, 0.6) is 0 Å². The molecule has 0 aliphatic carbocycles. The van der Waals surface area contributed by atoms with Crippen molar-refractivity contribution in [2.45, 2.75) is 19.5 Å². The Hall–Kier alpha value is -1.35. The summed E-state index contributed by atoms with van der Waals surface area (Å²) in [7, 11) is 2.13. The van der Waals surface area contributed by atoms with Gasteiger partial charge in [0.2, 0.25) is 0 Å². The minimum Gasteiger partial charge on any atom is -0.330 e. The van der Waals surface area contributed by atoms with E-state index in [9.17, 15) is 0 Å². The molecule has 0 amide bonds. The van der Waals surface area contributed by atoms with Gasteiger partial charge in [0.15, 0.2) is 0 Å². The molecule has 2 N–H and O–H groups in total. The van der Waals surface area contributed by atoms with E-state index in [1.807, 2.05) is 18.2 Å². The van der Waals surface area contributed by atoms with E-state index >= 15 is 0 Å². The molecule has 2 aromatic carbocycles. The van der Waals surface area contributed by atoms with Gasteiger partial charge in [-0.2, -0.15) is 0 Å². The molecule has 0 aromatic heterocycles. The molecular formula is C17H21ClN2. The smallest absolute Gasteiger partial charge is 0.0409 e. The Labute approximate surface area is 126 Å². The lowest BCUT2D eigenvalue weighted by molar-refractivity contribution is 0.318. The van der Waals surface area contributed by atoms with Crippen LogP contribution in [0.25, 0.3) is 0 Å². The average Bonchev–Trinajstić information content (AvgIpc) is 2.41. The zero-order valence-corrected chi connectivity index (χ0v) is 12.6. The van der Waals surface area contributed by atoms with Crippen LogP contribution in [0.2, 0.25) is 5.02 Å². The topological polar surface area (TPSA) is 29.3 Å². The quantitative estimate of drug-likeness (QED) is 0.882. The van der Waals surface area contributed by atoms with Crippen molar-refractivity contribution in [3.63, 3.8) is 0 Å². The normalized spacial score (nSPS) is 11.0. The molecule has 0 saturated heterocycles. The summed E-state index contributed by atoms with van der Waals surface area (Å²) < 4.78 is 0. The lowest BCUT2D eigenvalue weighted by Gasteiger charge is -2.19. The Morgan fingerprint density at radius 3 is 2.45 bits per heavy atom. The highest BCUT2D eigenvalue weighted by Gasteiger charge is 2.06. The third kappa shape index (κ3) is 4.34. The molecule has 0 bridgehead atoms. The molecular weight excluding hydrogens is 268 g/mol. The fourth-order valence-electron chi connectivity index (χ4n) is 2.40. The maximum atomic E-state index is 6.02. The van der Waals surface area contributed by atoms with E-state index in [0.717, 1.165) is 24.5 Å². The van der Waals surface area contributed by atoms with E-state index in [2.05, 4.69) is 42.3 Å². The first-order chi connectivity index (χ1) is 9.69. The van der Waals surface area contributed by atoms with Crippen molar-refractivity contribution < 1.29 is 0 Å². The predicted octanol–water partition coefficient (Wildman–Crippen LogP) is 3.47. The summed E-state index contributed by atoms with van der Waals surface area (Å²) in [6.07, 6.45) is 0.932. The van der Waals surface area contributed by atoms with Gasteiger partial charge in [-0.1, -0.05) is 48.0 Å². The summed E-state index contributed by atoms with van der Waals surface area (Å²) >= 11 is 6.02. The van der Waals surface area contributed by atoms with E-state index in [0.29, 0.717) is 6.54 Å². The van der Waals surface area contributed by atoms with Crippen LogP contribution in [-0.4, -0.2) is 18.5 Å². The van der Waals surface area contributed by atoms with E-state index in [1.54, 1.807) is 0 Å². The fraction of sp³-hybridized carbons (Fsp3) is 0.294. The monoisotopic (exact) mass is 288 g/mol. The van der Waals surface area contributed by atoms with Gasteiger partial charge in [-0.05, 0) is 48.8 Å². The van der Waals surface area contributed by atoms with Crippen molar-refractivity contribution in [3.05, 3.63) is 70.2 Å². The molecule has 2 nitrogen and oxygen atoms in total. The molecule has 2 aromatic rings. The minimum atomic E-state index is 0.690. The van der Waals surface area contributed by atoms with Crippen LogP contribution >= 0.6 is 11.6 Å². The Balaban J connectivity index is 2.02. The molecule has 0 fully saturated rings. The van der Waals surface area contributed by atoms with Gasteiger partial charge in [0.05, 0.1) is 0 Å². The first-order valence-corrected chi connectivity index (χ1v) is 7.26. The van der Waals surface area contributed by atoms with Gasteiger partial charge in [-0.3, -0.25) is 4.90 Å². The Morgan fingerprint density at radius 1 is 1.00 bits per heavy atom. The Kier molecular flexibility index (Phi) is 5.60. The molecule has 106 valence electrons. The Morgan fingerprint density at radius 2 is 1.75 bits per heavy atom. The van der Waals surface area contributed by atoms with Gasteiger partial charge in [0, 0.05) is 18.1 Å². The van der Waals surface area contributed by atoms with Crippen LogP contribution in [-0.2, 0) is 19.5 Å². The van der Waals surface area contributed by atoms with E-state index < -0.39 is 0 Å². The van der Waals surface area contributed by atoms with Crippen LogP contribution in [0.1, 0.15) is 16.7 Å². The van der Waals surface area contributed by atoms with Gasteiger partial charge in [-0.15, -0.1) is 0 Å². The lowest BCUT2D eigenvalue weighted by Crippen LogP contribution is -2.18. The molecule has 20 heavy (non-hydrogen) atoms. The fourth-order valence-corrected chi connectivity index (χ4v) is 2.62. The minimum absolute atomic E-state index is 0.690. The first kappa shape index (κ1) is 15.0. The Bertz CT molecular complexity index is 554. The zero-order chi connectivity index (χ0) is 14.4. The molecule has 0 aliphatic heterocycles. The highest BCUT2D eigenvalue weighted by atomic mass is 35.5. The van der Waals surface area contributed by atoms with Crippen LogP contribution in [0.3, 0.4) is 0 Å². The summed E-state index contributed by atoms with van der Waals surface area (Å²) in [5, 5.41) is 0.791. The zero-order valence-electron chi connectivity index (χ0n) is 11.8. The summed E-state index contributed by atoms with van der Waals surface area (Å²) in [6, 6.07) is 16.5. The molecule has 0 aliphatic rings. The largest absolute Gasteiger partial charge is 0.330 e. The third-order valence-electron chi connectivity index (χ3n) is 3.31. The van der Waals surface area contributed by atoms with Crippen LogP contribution in [0.15, 0.2) is 48.5 Å². The number of hydrogen-bond acceptors (Lipinski definition) is 2. The number of nitrogens with zero attached hydrogens (tertiary/aromatic N) is 1. The number of halogens is 1. The number of nitrogens with two attached hydrogens (primary N) is 1. The second kappa shape index (κ2) is 7.44.